The van der Waals surface area contributed by atoms with Crippen LogP contribution in [0.15, 0.2) is 132 Å². The SMILES string of the molecule is c1ccc(-c2nc(-c3ccccc3)nc(-c3cc4c5c(c3)oc3cccc(c35)-c3cccc5cccc-4c35)n2)cc1. The fraction of sp³-hybridized carbons (Fsp3) is 0. The van der Waals surface area contributed by atoms with Crippen LogP contribution in [0.2, 0.25) is 0 Å². The molecule has 1 aliphatic carbocycles. The Kier molecular flexibility index (Phi) is 4.58. The molecule has 0 bridgehead atoms. The zero-order chi connectivity index (χ0) is 26.9. The molecule has 0 spiro atoms. The van der Waals surface area contributed by atoms with Gasteiger partial charge in [0.1, 0.15) is 11.2 Å². The first-order valence-corrected chi connectivity index (χ1v) is 13.7. The molecular weight excluding hydrogens is 502 g/mol. The second kappa shape index (κ2) is 8.44. The highest BCUT2D eigenvalue weighted by atomic mass is 16.3. The summed E-state index contributed by atoms with van der Waals surface area (Å²) in [5, 5.41) is 4.75. The Hall–Kier alpha value is -5.61. The van der Waals surface area contributed by atoms with Gasteiger partial charge < -0.3 is 4.42 Å². The maximum Gasteiger partial charge on any atom is 0.164 e. The lowest BCUT2D eigenvalue weighted by Gasteiger charge is -2.12. The van der Waals surface area contributed by atoms with E-state index >= 15 is 0 Å². The molecule has 2 heterocycles. The van der Waals surface area contributed by atoms with Crippen molar-refractivity contribution in [2.24, 2.45) is 0 Å². The van der Waals surface area contributed by atoms with E-state index in [1.807, 2.05) is 60.7 Å². The van der Waals surface area contributed by atoms with Crippen molar-refractivity contribution in [3.8, 4) is 56.4 Å². The largest absolute Gasteiger partial charge is 0.456 e. The van der Waals surface area contributed by atoms with Gasteiger partial charge in [-0.15, -0.1) is 0 Å². The maximum atomic E-state index is 6.54. The molecule has 0 saturated heterocycles. The second-order valence-electron chi connectivity index (χ2n) is 10.4. The quantitative estimate of drug-likeness (QED) is 0.231. The topological polar surface area (TPSA) is 51.8 Å². The third kappa shape index (κ3) is 3.31. The average molecular weight is 524 g/mol. The van der Waals surface area contributed by atoms with Gasteiger partial charge in [0.2, 0.25) is 0 Å². The highest BCUT2D eigenvalue weighted by Crippen LogP contribution is 2.49. The smallest absolute Gasteiger partial charge is 0.164 e. The van der Waals surface area contributed by atoms with Crippen LogP contribution in [0, 0.1) is 0 Å². The maximum absolute atomic E-state index is 6.54. The van der Waals surface area contributed by atoms with Crippen LogP contribution >= 0.6 is 0 Å². The third-order valence-electron chi connectivity index (χ3n) is 8.04. The fourth-order valence-electron chi connectivity index (χ4n) is 6.24. The standard InChI is InChI=1S/C37H21N3O/c1-3-10-23(11-4-1)35-38-36(24-12-5-2-6-13-24)40-37(39-35)25-20-29-28-17-8-15-22-14-7-16-26(32(22)28)27-18-9-19-30-33(27)34(29)31(21-25)41-30/h1-21H. The van der Waals surface area contributed by atoms with Gasteiger partial charge in [0.25, 0.3) is 0 Å². The van der Waals surface area contributed by atoms with E-state index in [0.29, 0.717) is 17.5 Å². The number of nitrogens with zero attached hydrogens (tertiary/aromatic N) is 3. The molecule has 0 radical (unpaired) electrons. The Balaban J connectivity index is 1.38. The van der Waals surface area contributed by atoms with Crippen molar-refractivity contribution in [2.45, 2.75) is 0 Å². The molecule has 0 N–H and O–H groups in total. The van der Waals surface area contributed by atoms with Gasteiger partial charge in [0.15, 0.2) is 17.5 Å². The van der Waals surface area contributed by atoms with Gasteiger partial charge in [-0.25, -0.2) is 15.0 Å². The van der Waals surface area contributed by atoms with Crippen molar-refractivity contribution in [3.05, 3.63) is 127 Å². The summed E-state index contributed by atoms with van der Waals surface area (Å²) in [6.45, 7) is 0. The third-order valence-corrected chi connectivity index (χ3v) is 8.04. The highest BCUT2D eigenvalue weighted by Gasteiger charge is 2.25. The minimum absolute atomic E-state index is 0.612. The van der Waals surface area contributed by atoms with Crippen LogP contribution < -0.4 is 0 Å². The molecular formula is C37H21N3O. The molecule has 1 aliphatic rings. The zero-order valence-corrected chi connectivity index (χ0v) is 21.9. The molecule has 4 nitrogen and oxygen atoms in total. The summed E-state index contributed by atoms with van der Waals surface area (Å²) in [5.41, 5.74) is 9.22. The van der Waals surface area contributed by atoms with Crippen molar-refractivity contribution in [1.29, 1.82) is 0 Å². The van der Waals surface area contributed by atoms with E-state index in [1.54, 1.807) is 0 Å². The minimum atomic E-state index is 0.612. The first kappa shape index (κ1) is 22.2. The molecule has 0 saturated carbocycles. The van der Waals surface area contributed by atoms with E-state index in [9.17, 15) is 0 Å². The summed E-state index contributed by atoms with van der Waals surface area (Å²) in [6.07, 6.45) is 0. The molecule has 4 heteroatoms. The highest BCUT2D eigenvalue weighted by molar-refractivity contribution is 6.25. The van der Waals surface area contributed by atoms with E-state index in [1.165, 1.54) is 27.5 Å². The molecule has 9 rings (SSSR count). The van der Waals surface area contributed by atoms with Crippen LogP contribution in [0.4, 0.5) is 0 Å². The van der Waals surface area contributed by atoms with Crippen LogP contribution in [0.3, 0.4) is 0 Å². The van der Waals surface area contributed by atoms with Gasteiger partial charge in [0.05, 0.1) is 0 Å². The second-order valence-corrected chi connectivity index (χ2v) is 10.4. The molecule has 0 unspecified atom stereocenters. The Morgan fingerprint density at radius 2 is 0.878 bits per heavy atom. The predicted molar refractivity (Wildman–Crippen MR) is 165 cm³/mol. The van der Waals surface area contributed by atoms with Gasteiger partial charge in [-0.2, -0.15) is 0 Å². The van der Waals surface area contributed by atoms with Crippen LogP contribution in [0.25, 0.3) is 89.1 Å². The average Bonchev–Trinajstić information content (AvgIpc) is 3.37. The lowest BCUT2D eigenvalue weighted by Crippen LogP contribution is -2.00. The normalized spacial score (nSPS) is 11.9. The molecule has 0 fully saturated rings. The van der Waals surface area contributed by atoms with E-state index in [-0.39, 0.29) is 0 Å². The Labute approximate surface area is 235 Å². The fourth-order valence-corrected chi connectivity index (χ4v) is 6.24. The first-order valence-electron chi connectivity index (χ1n) is 13.7. The Morgan fingerprint density at radius 1 is 0.366 bits per heavy atom. The number of furan rings is 1. The van der Waals surface area contributed by atoms with Gasteiger partial charge in [-0.05, 0) is 51.2 Å². The summed E-state index contributed by atoms with van der Waals surface area (Å²) in [7, 11) is 0. The van der Waals surface area contributed by atoms with Crippen LogP contribution in [-0.2, 0) is 0 Å². The predicted octanol–water partition coefficient (Wildman–Crippen LogP) is 9.57. The molecule has 190 valence electrons. The number of hydrogen-bond donors (Lipinski definition) is 0. The molecule has 8 aromatic rings. The summed E-state index contributed by atoms with van der Waals surface area (Å²) in [5.74, 6) is 1.89. The summed E-state index contributed by atoms with van der Waals surface area (Å²) in [6, 6.07) is 43.9. The zero-order valence-electron chi connectivity index (χ0n) is 21.9. The van der Waals surface area contributed by atoms with Crippen LogP contribution in [0.5, 0.6) is 0 Å². The minimum Gasteiger partial charge on any atom is -0.456 e. The molecule has 0 amide bonds. The number of fused-ring (bicyclic) bond motifs is 2. The van der Waals surface area contributed by atoms with E-state index in [2.05, 4.69) is 66.7 Å². The molecule has 0 atom stereocenters. The van der Waals surface area contributed by atoms with Crippen molar-refractivity contribution < 1.29 is 4.42 Å². The number of hydrogen-bond acceptors (Lipinski definition) is 4. The van der Waals surface area contributed by atoms with Crippen LogP contribution in [-0.4, -0.2) is 15.0 Å². The number of aromatic nitrogens is 3. The molecule has 6 aromatic carbocycles. The first-order chi connectivity index (χ1) is 20.3. The summed E-state index contributed by atoms with van der Waals surface area (Å²) >= 11 is 0. The molecule has 2 aromatic heterocycles. The lowest BCUT2D eigenvalue weighted by atomic mass is 9.93. The Bertz CT molecular complexity index is 2240. The van der Waals surface area contributed by atoms with Crippen molar-refractivity contribution >= 4 is 32.7 Å². The van der Waals surface area contributed by atoms with Gasteiger partial charge in [0, 0.05) is 27.5 Å². The van der Waals surface area contributed by atoms with Gasteiger partial charge in [-0.3, -0.25) is 0 Å². The van der Waals surface area contributed by atoms with Gasteiger partial charge >= 0.3 is 0 Å². The van der Waals surface area contributed by atoms with E-state index < -0.39 is 0 Å². The van der Waals surface area contributed by atoms with Crippen LogP contribution in [0.1, 0.15) is 0 Å². The summed E-state index contributed by atoms with van der Waals surface area (Å²) < 4.78 is 6.54. The number of rotatable bonds is 3. The van der Waals surface area contributed by atoms with Crippen molar-refractivity contribution in [2.75, 3.05) is 0 Å². The van der Waals surface area contributed by atoms with Gasteiger partial charge in [-0.1, -0.05) is 109 Å². The Morgan fingerprint density at radius 3 is 1.51 bits per heavy atom. The lowest BCUT2D eigenvalue weighted by molar-refractivity contribution is 0.669. The summed E-state index contributed by atoms with van der Waals surface area (Å²) in [4.78, 5) is 14.9. The van der Waals surface area contributed by atoms with E-state index in [0.717, 1.165) is 44.2 Å². The van der Waals surface area contributed by atoms with Crippen molar-refractivity contribution in [3.63, 3.8) is 0 Å². The molecule has 41 heavy (non-hydrogen) atoms. The van der Waals surface area contributed by atoms with E-state index in [4.69, 9.17) is 19.4 Å². The number of benzene rings is 6. The molecule has 0 aliphatic heterocycles. The van der Waals surface area contributed by atoms with Crippen molar-refractivity contribution in [1.82, 2.24) is 15.0 Å². The monoisotopic (exact) mass is 523 g/mol.